The molecule has 0 bridgehead atoms. The Kier molecular flexibility index (Phi) is 6.06. The molecule has 0 atom stereocenters. The number of hydrogen-bond acceptors (Lipinski definition) is 3. The molecule has 0 aliphatic heterocycles. The summed E-state index contributed by atoms with van der Waals surface area (Å²) in [4.78, 5) is 12.2. The molecule has 1 aromatic heterocycles. The third-order valence-electron chi connectivity index (χ3n) is 4.36. The minimum Gasteiger partial charge on any atom is -0.464 e. The number of rotatable bonds is 8. The summed E-state index contributed by atoms with van der Waals surface area (Å²) in [6.45, 7) is -0.288. The molecule has 0 saturated carbocycles. The van der Waals surface area contributed by atoms with Crippen molar-refractivity contribution >= 4 is 16.9 Å². The van der Waals surface area contributed by atoms with Crippen molar-refractivity contribution in [3.05, 3.63) is 65.4 Å². The Labute approximate surface area is 156 Å². The number of alkyl halides is 2. The van der Waals surface area contributed by atoms with Crippen molar-refractivity contribution < 1.29 is 22.7 Å². The lowest BCUT2D eigenvalue weighted by atomic mass is 10.1. The molecule has 0 radical (unpaired) electrons. The van der Waals surface area contributed by atoms with Gasteiger partial charge >= 0.3 is 6.61 Å². The maximum atomic E-state index is 12.2. The zero-order chi connectivity index (χ0) is 19.2. The zero-order valence-electron chi connectivity index (χ0n) is 15.0. The zero-order valence-corrected chi connectivity index (χ0v) is 15.0. The molecule has 0 saturated heterocycles. The maximum Gasteiger partial charge on any atom is 0.387 e. The van der Waals surface area contributed by atoms with Crippen molar-refractivity contribution in [1.82, 2.24) is 5.32 Å². The molecule has 6 heteroatoms. The summed E-state index contributed by atoms with van der Waals surface area (Å²) in [7, 11) is 0. The van der Waals surface area contributed by atoms with Gasteiger partial charge in [0.05, 0.1) is 12.7 Å². The Hall–Kier alpha value is -2.89. The summed E-state index contributed by atoms with van der Waals surface area (Å²) in [6, 6.07) is 12.4. The molecular formula is C21H21F2NO3. The third-order valence-corrected chi connectivity index (χ3v) is 4.36. The topological polar surface area (TPSA) is 51.5 Å². The molecule has 0 fully saturated rings. The highest BCUT2D eigenvalue weighted by molar-refractivity contribution is 5.87. The maximum absolute atomic E-state index is 12.2. The lowest BCUT2D eigenvalue weighted by molar-refractivity contribution is -0.120. The van der Waals surface area contributed by atoms with Gasteiger partial charge in [-0.15, -0.1) is 0 Å². The second-order valence-corrected chi connectivity index (χ2v) is 6.24. The van der Waals surface area contributed by atoms with E-state index in [4.69, 9.17) is 4.42 Å². The van der Waals surface area contributed by atoms with E-state index in [0.29, 0.717) is 13.0 Å². The van der Waals surface area contributed by atoms with Crippen LogP contribution in [0.15, 0.2) is 53.1 Å². The van der Waals surface area contributed by atoms with Gasteiger partial charge < -0.3 is 14.5 Å². The number of nitrogens with one attached hydrogen (secondary N) is 1. The predicted octanol–water partition coefficient (Wildman–Crippen LogP) is 4.50. The van der Waals surface area contributed by atoms with Crippen molar-refractivity contribution in [2.75, 3.05) is 6.54 Å². The van der Waals surface area contributed by atoms with E-state index in [1.54, 1.807) is 18.4 Å². The summed E-state index contributed by atoms with van der Waals surface area (Å²) in [5.74, 6) is 0.0331. The molecule has 142 valence electrons. The van der Waals surface area contributed by atoms with E-state index in [1.807, 2.05) is 18.2 Å². The van der Waals surface area contributed by atoms with Crippen LogP contribution < -0.4 is 10.1 Å². The van der Waals surface area contributed by atoms with Crippen LogP contribution in [0.1, 0.15) is 23.6 Å². The highest BCUT2D eigenvalue weighted by atomic mass is 19.3. The number of halogens is 2. The van der Waals surface area contributed by atoms with Crippen LogP contribution in [0.2, 0.25) is 0 Å². The Morgan fingerprint density at radius 1 is 1.15 bits per heavy atom. The van der Waals surface area contributed by atoms with Crippen LogP contribution >= 0.6 is 0 Å². The lowest BCUT2D eigenvalue weighted by Crippen LogP contribution is -2.27. The molecule has 2 aromatic carbocycles. The molecule has 4 nitrogen and oxygen atoms in total. The first-order valence-electron chi connectivity index (χ1n) is 8.84. The first kappa shape index (κ1) is 18.9. The minimum absolute atomic E-state index is 0.0880. The monoisotopic (exact) mass is 373 g/mol. The van der Waals surface area contributed by atoms with Gasteiger partial charge in [-0.1, -0.05) is 31.2 Å². The van der Waals surface area contributed by atoms with Crippen molar-refractivity contribution in [3.8, 4) is 5.75 Å². The molecule has 3 aromatic rings. The lowest BCUT2D eigenvalue weighted by Gasteiger charge is -2.07. The van der Waals surface area contributed by atoms with Gasteiger partial charge in [0.2, 0.25) is 5.91 Å². The molecule has 1 heterocycles. The largest absolute Gasteiger partial charge is 0.464 e. The molecule has 27 heavy (non-hydrogen) atoms. The quantitative estimate of drug-likeness (QED) is 0.633. The summed E-state index contributed by atoms with van der Waals surface area (Å²) in [5.41, 5.74) is 3.78. The number of benzene rings is 2. The summed E-state index contributed by atoms with van der Waals surface area (Å²) in [5, 5.41) is 3.83. The molecule has 3 rings (SSSR count). The number of furan rings is 1. The molecule has 0 spiro atoms. The van der Waals surface area contributed by atoms with E-state index in [2.05, 4.69) is 17.0 Å². The SMILES string of the molecule is CCc1ccc2c(CC(=O)NCCc3ccc(OC(F)F)cc3)coc2c1. The molecule has 0 aliphatic carbocycles. The fourth-order valence-corrected chi connectivity index (χ4v) is 2.90. The second-order valence-electron chi connectivity index (χ2n) is 6.24. The van der Waals surface area contributed by atoms with Crippen molar-refractivity contribution in [2.45, 2.75) is 32.8 Å². The van der Waals surface area contributed by atoms with Gasteiger partial charge in [0.15, 0.2) is 0 Å². The Morgan fingerprint density at radius 2 is 1.89 bits per heavy atom. The van der Waals surface area contributed by atoms with Crippen LogP contribution in [0.4, 0.5) is 8.78 Å². The number of ether oxygens (including phenoxy) is 1. The standard InChI is InChI=1S/C21H21F2NO3/c1-2-14-5-8-18-16(13-26-19(18)11-14)12-20(25)24-10-9-15-3-6-17(7-4-15)27-21(22)23/h3-8,11,13,21H,2,9-10,12H2,1H3,(H,24,25). The average molecular weight is 373 g/mol. The number of fused-ring (bicyclic) bond motifs is 1. The van der Waals surface area contributed by atoms with E-state index in [1.165, 1.54) is 17.7 Å². The molecule has 0 unspecified atom stereocenters. The molecule has 1 N–H and O–H groups in total. The average Bonchev–Trinajstić information content (AvgIpc) is 3.04. The second kappa shape index (κ2) is 8.66. The number of hydrogen-bond donors (Lipinski definition) is 1. The summed E-state index contributed by atoms with van der Waals surface area (Å²) in [6.07, 6.45) is 3.42. The van der Waals surface area contributed by atoms with E-state index < -0.39 is 6.61 Å². The van der Waals surface area contributed by atoms with Crippen molar-refractivity contribution in [1.29, 1.82) is 0 Å². The van der Waals surface area contributed by atoms with Crippen LogP contribution in [0.3, 0.4) is 0 Å². The number of carbonyl (C=O) groups excluding carboxylic acids is 1. The van der Waals surface area contributed by atoms with E-state index in [9.17, 15) is 13.6 Å². The van der Waals surface area contributed by atoms with Gasteiger partial charge in [0.1, 0.15) is 11.3 Å². The van der Waals surface area contributed by atoms with Crippen LogP contribution in [0.5, 0.6) is 5.75 Å². The van der Waals surface area contributed by atoms with Gasteiger partial charge in [0.25, 0.3) is 0 Å². The first-order valence-corrected chi connectivity index (χ1v) is 8.84. The third kappa shape index (κ3) is 5.06. The number of aryl methyl sites for hydroxylation is 1. The van der Waals surface area contributed by atoms with Crippen molar-refractivity contribution in [3.63, 3.8) is 0 Å². The Bertz CT molecular complexity index is 903. The molecule has 1 amide bonds. The Morgan fingerprint density at radius 3 is 2.59 bits per heavy atom. The van der Waals surface area contributed by atoms with Gasteiger partial charge in [-0.05, 0) is 42.2 Å². The fourth-order valence-electron chi connectivity index (χ4n) is 2.90. The van der Waals surface area contributed by atoms with Crippen LogP contribution in [0.25, 0.3) is 11.0 Å². The smallest absolute Gasteiger partial charge is 0.387 e. The van der Waals surface area contributed by atoms with Gasteiger partial charge in [-0.2, -0.15) is 8.78 Å². The normalized spacial score (nSPS) is 11.1. The van der Waals surface area contributed by atoms with Gasteiger partial charge in [0, 0.05) is 17.5 Å². The van der Waals surface area contributed by atoms with Crippen molar-refractivity contribution in [2.24, 2.45) is 0 Å². The minimum atomic E-state index is -2.83. The first-order chi connectivity index (χ1) is 13.0. The summed E-state index contributed by atoms with van der Waals surface area (Å²) < 4.78 is 34.1. The van der Waals surface area contributed by atoms with E-state index in [0.717, 1.165) is 28.5 Å². The predicted molar refractivity (Wildman–Crippen MR) is 99.1 cm³/mol. The van der Waals surface area contributed by atoms with E-state index >= 15 is 0 Å². The van der Waals surface area contributed by atoms with Gasteiger partial charge in [-0.25, -0.2) is 0 Å². The fraction of sp³-hybridized carbons (Fsp3) is 0.286. The van der Waals surface area contributed by atoms with Crippen LogP contribution in [-0.4, -0.2) is 19.1 Å². The van der Waals surface area contributed by atoms with Crippen LogP contribution in [-0.2, 0) is 24.1 Å². The molecule has 0 aliphatic rings. The van der Waals surface area contributed by atoms with E-state index in [-0.39, 0.29) is 18.1 Å². The van der Waals surface area contributed by atoms with Gasteiger partial charge in [-0.3, -0.25) is 4.79 Å². The number of carbonyl (C=O) groups is 1. The number of amides is 1. The highest BCUT2D eigenvalue weighted by Gasteiger charge is 2.11. The van der Waals surface area contributed by atoms with Crippen LogP contribution in [0, 0.1) is 0 Å². The Balaban J connectivity index is 1.50. The highest BCUT2D eigenvalue weighted by Crippen LogP contribution is 2.23. The molecular weight excluding hydrogens is 352 g/mol. The summed E-state index contributed by atoms with van der Waals surface area (Å²) >= 11 is 0.